The van der Waals surface area contributed by atoms with Gasteiger partial charge in [-0.15, -0.1) is 0 Å². The Morgan fingerprint density at radius 2 is 1.81 bits per heavy atom. The highest BCUT2D eigenvalue weighted by atomic mass is 35.5. The molecule has 0 radical (unpaired) electrons. The molecule has 1 N–H and O–H groups in total. The average Bonchev–Trinajstić information content (AvgIpc) is 2.64. The van der Waals surface area contributed by atoms with Crippen LogP contribution in [-0.4, -0.2) is 36.4 Å². The maximum absolute atomic E-state index is 12.4. The average molecular weight is 389 g/mol. The fraction of sp³-hybridized carbons (Fsp3) is 0.333. The van der Waals surface area contributed by atoms with Gasteiger partial charge in [0.1, 0.15) is 5.75 Å². The molecule has 0 atom stereocenters. The summed E-state index contributed by atoms with van der Waals surface area (Å²) in [6, 6.07) is 13.0. The zero-order valence-electron chi connectivity index (χ0n) is 15.9. The molecule has 27 heavy (non-hydrogen) atoms. The molecular formula is C21H25ClN2O3. The van der Waals surface area contributed by atoms with Crippen LogP contribution in [0.15, 0.2) is 42.5 Å². The zero-order chi connectivity index (χ0) is 19.8. The second kappa shape index (κ2) is 9.97. The fourth-order valence-electron chi connectivity index (χ4n) is 2.60. The monoisotopic (exact) mass is 388 g/mol. The van der Waals surface area contributed by atoms with E-state index in [4.69, 9.17) is 16.3 Å². The first-order valence-electron chi connectivity index (χ1n) is 8.88. The molecule has 2 aromatic carbocycles. The van der Waals surface area contributed by atoms with E-state index in [1.54, 1.807) is 12.1 Å². The molecule has 0 fully saturated rings. The van der Waals surface area contributed by atoms with E-state index in [0.717, 1.165) is 16.7 Å². The second-order valence-electron chi connectivity index (χ2n) is 6.37. The maximum atomic E-state index is 12.4. The molecule has 6 heteroatoms. The third-order valence-electron chi connectivity index (χ3n) is 4.15. The van der Waals surface area contributed by atoms with Gasteiger partial charge in [0.25, 0.3) is 5.91 Å². The van der Waals surface area contributed by atoms with Crippen LogP contribution in [0.2, 0.25) is 5.02 Å². The van der Waals surface area contributed by atoms with Crippen molar-refractivity contribution in [3.8, 4) is 5.75 Å². The molecule has 0 aliphatic heterocycles. The number of amides is 2. The van der Waals surface area contributed by atoms with Gasteiger partial charge >= 0.3 is 0 Å². The Balaban J connectivity index is 1.82. The van der Waals surface area contributed by atoms with Crippen LogP contribution in [0.4, 0.5) is 0 Å². The number of carbonyl (C=O) groups excluding carboxylic acids is 2. The first-order chi connectivity index (χ1) is 12.9. The molecule has 144 valence electrons. The maximum Gasteiger partial charge on any atom is 0.260 e. The summed E-state index contributed by atoms with van der Waals surface area (Å²) in [5.41, 5.74) is 3.06. The van der Waals surface area contributed by atoms with E-state index in [1.165, 1.54) is 4.90 Å². The number of nitrogens with one attached hydrogen (secondary N) is 1. The van der Waals surface area contributed by atoms with Gasteiger partial charge in [0.2, 0.25) is 5.91 Å². The van der Waals surface area contributed by atoms with E-state index in [1.807, 2.05) is 51.1 Å². The van der Waals surface area contributed by atoms with Crippen molar-refractivity contribution in [2.45, 2.75) is 27.3 Å². The van der Waals surface area contributed by atoms with Crippen molar-refractivity contribution in [3.63, 3.8) is 0 Å². The number of hydrogen-bond acceptors (Lipinski definition) is 3. The van der Waals surface area contributed by atoms with Gasteiger partial charge < -0.3 is 15.0 Å². The number of rotatable bonds is 8. The zero-order valence-corrected chi connectivity index (χ0v) is 16.7. The lowest BCUT2D eigenvalue weighted by atomic mass is 10.1. The van der Waals surface area contributed by atoms with Crippen molar-refractivity contribution in [2.75, 3.05) is 19.7 Å². The molecule has 0 aromatic heterocycles. The van der Waals surface area contributed by atoms with E-state index >= 15 is 0 Å². The smallest absolute Gasteiger partial charge is 0.260 e. The molecule has 0 unspecified atom stereocenters. The Morgan fingerprint density at radius 1 is 1.11 bits per heavy atom. The Bertz CT molecular complexity index is 791. The van der Waals surface area contributed by atoms with E-state index < -0.39 is 0 Å². The van der Waals surface area contributed by atoms with Gasteiger partial charge in [0.15, 0.2) is 6.61 Å². The van der Waals surface area contributed by atoms with Crippen LogP contribution in [0, 0.1) is 13.8 Å². The molecule has 2 rings (SSSR count). The highest BCUT2D eigenvalue weighted by molar-refractivity contribution is 6.30. The lowest BCUT2D eigenvalue weighted by molar-refractivity contribution is -0.137. The molecule has 2 aromatic rings. The van der Waals surface area contributed by atoms with Gasteiger partial charge in [-0.05, 0) is 50.1 Å². The first kappa shape index (κ1) is 20.8. The highest BCUT2D eigenvalue weighted by Gasteiger charge is 2.16. The topological polar surface area (TPSA) is 58.6 Å². The van der Waals surface area contributed by atoms with E-state index in [0.29, 0.717) is 23.9 Å². The Labute approximate surface area is 165 Å². The molecule has 0 saturated carbocycles. The summed E-state index contributed by atoms with van der Waals surface area (Å²) in [4.78, 5) is 26.0. The summed E-state index contributed by atoms with van der Waals surface area (Å²) >= 11 is 5.84. The SMILES string of the molecule is CCN(CC(=O)NCc1ccc(Cl)cc1)C(=O)COc1ccc(C)cc1C. The van der Waals surface area contributed by atoms with Gasteiger partial charge in [-0.1, -0.05) is 41.4 Å². The molecular weight excluding hydrogens is 364 g/mol. The number of hydrogen-bond donors (Lipinski definition) is 1. The third-order valence-corrected chi connectivity index (χ3v) is 4.41. The number of likely N-dealkylation sites (N-methyl/N-ethyl adjacent to an activating group) is 1. The van der Waals surface area contributed by atoms with Gasteiger partial charge in [-0.25, -0.2) is 0 Å². The lowest BCUT2D eigenvalue weighted by Crippen LogP contribution is -2.42. The predicted octanol–water partition coefficient (Wildman–Crippen LogP) is 3.50. The summed E-state index contributed by atoms with van der Waals surface area (Å²) in [6.07, 6.45) is 0. The van der Waals surface area contributed by atoms with Crippen LogP contribution in [0.25, 0.3) is 0 Å². The van der Waals surface area contributed by atoms with Gasteiger partial charge in [-0.2, -0.15) is 0 Å². The molecule has 0 aliphatic rings. The van der Waals surface area contributed by atoms with Gasteiger partial charge in [0, 0.05) is 18.1 Å². The number of aryl methyl sites for hydroxylation is 2. The molecule has 5 nitrogen and oxygen atoms in total. The largest absolute Gasteiger partial charge is 0.484 e. The molecule has 0 bridgehead atoms. The number of nitrogens with zero attached hydrogens (tertiary/aromatic N) is 1. The Hall–Kier alpha value is -2.53. The van der Waals surface area contributed by atoms with Crippen molar-refractivity contribution in [3.05, 3.63) is 64.2 Å². The van der Waals surface area contributed by atoms with Crippen molar-refractivity contribution in [1.82, 2.24) is 10.2 Å². The lowest BCUT2D eigenvalue weighted by Gasteiger charge is -2.21. The Morgan fingerprint density at radius 3 is 2.44 bits per heavy atom. The van der Waals surface area contributed by atoms with Crippen molar-refractivity contribution in [1.29, 1.82) is 0 Å². The summed E-state index contributed by atoms with van der Waals surface area (Å²) in [5.74, 6) is 0.239. The quantitative estimate of drug-likeness (QED) is 0.752. The van der Waals surface area contributed by atoms with E-state index in [-0.39, 0.29) is 25.0 Å². The standard InChI is InChI=1S/C21H25ClN2O3/c1-4-24(13-20(25)23-12-17-6-8-18(22)9-7-17)21(26)14-27-19-10-5-15(2)11-16(19)3/h5-11H,4,12-14H2,1-3H3,(H,23,25). The van der Waals surface area contributed by atoms with Crippen molar-refractivity contribution >= 4 is 23.4 Å². The molecule has 0 aliphatic carbocycles. The second-order valence-corrected chi connectivity index (χ2v) is 6.81. The van der Waals surface area contributed by atoms with Gasteiger partial charge in [-0.3, -0.25) is 9.59 Å². The van der Waals surface area contributed by atoms with Crippen LogP contribution in [0.1, 0.15) is 23.6 Å². The number of ether oxygens (including phenoxy) is 1. The summed E-state index contributed by atoms with van der Waals surface area (Å²) < 4.78 is 5.62. The summed E-state index contributed by atoms with van der Waals surface area (Å²) in [5, 5.41) is 3.46. The van der Waals surface area contributed by atoms with Crippen LogP contribution in [0.5, 0.6) is 5.75 Å². The molecule has 0 heterocycles. The van der Waals surface area contributed by atoms with Crippen molar-refractivity contribution < 1.29 is 14.3 Å². The number of halogens is 1. The van der Waals surface area contributed by atoms with E-state index in [9.17, 15) is 9.59 Å². The minimum Gasteiger partial charge on any atom is -0.484 e. The minimum absolute atomic E-state index is 0.000830. The van der Waals surface area contributed by atoms with Crippen LogP contribution >= 0.6 is 11.6 Å². The van der Waals surface area contributed by atoms with Crippen molar-refractivity contribution in [2.24, 2.45) is 0 Å². The summed E-state index contributed by atoms with van der Waals surface area (Å²) in [7, 11) is 0. The fourth-order valence-corrected chi connectivity index (χ4v) is 2.73. The molecule has 0 spiro atoms. The molecule has 0 saturated heterocycles. The molecule has 2 amide bonds. The van der Waals surface area contributed by atoms with Crippen LogP contribution in [-0.2, 0) is 16.1 Å². The first-order valence-corrected chi connectivity index (χ1v) is 9.25. The normalized spacial score (nSPS) is 10.4. The number of carbonyl (C=O) groups is 2. The summed E-state index contributed by atoms with van der Waals surface area (Å²) in [6.45, 7) is 6.51. The van der Waals surface area contributed by atoms with Crippen LogP contribution in [0.3, 0.4) is 0 Å². The van der Waals surface area contributed by atoms with E-state index in [2.05, 4.69) is 5.32 Å². The minimum atomic E-state index is -0.223. The highest BCUT2D eigenvalue weighted by Crippen LogP contribution is 2.18. The Kier molecular flexibility index (Phi) is 7.67. The number of benzene rings is 2. The van der Waals surface area contributed by atoms with Crippen LogP contribution < -0.4 is 10.1 Å². The van der Waals surface area contributed by atoms with Gasteiger partial charge in [0.05, 0.1) is 6.54 Å². The third kappa shape index (κ3) is 6.61. The predicted molar refractivity (Wildman–Crippen MR) is 107 cm³/mol.